The molecule has 30 heavy (non-hydrogen) atoms. The van der Waals surface area contributed by atoms with Gasteiger partial charge in [0.25, 0.3) is 0 Å². The summed E-state index contributed by atoms with van der Waals surface area (Å²) in [5.41, 5.74) is 3.27. The number of carbonyl (C=O) groups is 1. The smallest absolute Gasteiger partial charge is 0.221 e. The average molecular weight is 410 g/mol. The van der Waals surface area contributed by atoms with Crippen LogP contribution < -0.4 is 20.3 Å². The van der Waals surface area contributed by atoms with Crippen LogP contribution in [0.15, 0.2) is 53.5 Å². The highest BCUT2D eigenvalue weighted by atomic mass is 16.5. The number of rotatable bonds is 6. The molecule has 0 saturated carbocycles. The Labute approximate surface area is 178 Å². The highest BCUT2D eigenvalue weighted by Gasteiger charge is 2.19. The van der Waals surface area contributed by atoms with Crippen LogP contribution in [0.4, 0.5) is 11.4 Å². The quantitative estimate of drug-likeness (QED) is 0.567. The molecule has 2 aromatic rings. The Morgan fingerprint density at radius 3 is 2.27 bits per heavy atom. The maximum Gasteiger partial charge on any atom is 0.221 e. The molecule has 1 heterocycles. The molecule has 0 aromatic heterocycles. The number of hydrogen-bond acceptors (Lipinski definition) is 4. The molecule has 0 aliphatic carbocycles. The number of anilines is 2. The molecule has 1 aliphatic heterocycles. The van der Waals surface area contributed by atoms with Crippen LogP contribution in [-0.4, -0.2) is 63.6 Å². The van der Waals surface area contributed by atoms with E-state index in [1.807, 2.05) is 43.4 Å². The topological polar surface area (TPSA) is 69.2 Å². The predicted octanol–water partition coefficient (Wildman–Crippen LogP) is 2.59. The Hall–Kier alpha value is -3.22. The van der Waals surface area contributed by atoms with Crippen molar-refractivity contribution in [1.29, 1.82) is 0 Å². The van der Waals surface area contributed by atoms with Gasteiger partial charge in [0, 0.05) is 58.1 Å². The lowest BCUT2D eigenvalue weighted by molar-refractivity contribution is -0.114. The molecule has 7 heteroatoms. The van der Waals surface area contributed by atoms with Gasteiger partial charge in [0.2, 0.25) is 5.91 Å². The summed E-state index contributed by atoms with van der Waals surface area (Å²) in [5, 5.41) is 6.26. The first-order valence-electron chi connectivity index (χ1n) is 10.3. The minimum atomic E-state index is -0.0553. The summed E-state index contributed by atoms with van der Waals surface area (Å²) in [5.74, 6) is 1.77. The van der Waals surface area contributed by atoms with Crippen LogP contribution in [0.3, 0.4) is 0 Å². The second kappa shape index (κ2) is 10.5. The van der Waals surface area contributed by atoms with E-state index in [2.05, 4.69) is 37.6 Å². The van der Waals surface area contributed by atoms with E-state index >= 15 is 0 Å². The fourth-order valence-electron chi connectivity index (χ4n) is 3.58. The molecular weight excluding hydrogens is 378 g/mol. The van der Waals surface area contributed by atoms with Gasteiger partial charge >= 0.3 is 0 Å². The molecule has 2 aromatic carbocycles. The van der Waals surface area contributed by atoms with E-state index in [-0.39, 0.29) is 5.91 Å². The van der Waals surface area contributed by atoms with Gasteiger partial charge in [0.05, 0.1) is 7.11 Å². The van der Waals surface area contributed by atoms with Crippen LogP contribution in [0.25, 0.3) is 0 Å². The van der Waals surface area contributed by atoms with Crippen LogP contribution in [0.5, 0.6) is 5.75 Å². The summed E-state index contributed by atoms with van der Waals surface area (Å²) in [6.07, 6.45) is 0.894. The van der Waals surface area contributed by atoms with Crippen LogP contribution in [0.2, 0.25) is 0 Å². The molecule has 160 valence electrons. The standard InChI is InChI=1S/C23H31N5O2/c1-18(29)26-20-6-4-19(5-7-20)12-13-25-23(24-2)28-16-14-27(15-17-28)21-8-10-22(30-3)11-9-21/h4-11H,12-17H2,1-3H3,(H,24,25)(H,26,29). The zero-order valence-electron chi connectivity index (χ0n) is 18.0. The van der Waals surface area contributed by atoms with Gasteiger partial charge in [-0.25, -0.2) is 0 Å². The van der Waals surface area contributed by atoms with E-state index < -0.39 is 0 Å². The van der Waals surface area contributed by atoms with Gasteiger partial charge < -0.3 is 25.2 Å². The molecule has 1 amide bonds. The summed E-state index contributed by atoms with van der Waals surface area (Å²) in [6.45, 7) is 6.09. The Morgan fingerprint density at radius 1 is 1.03 bits per heavy atom. The SMILES string of the molecule is CN=C(NCCc1ccc(NC(C)=O)cc1)N1CCN(c2ccc(OC)cc2)CC1. The normalized spacial score (nSPS) is 14.4. The maximum absolute atomic E-state index is 11.1. The number of hydrogen-bond donors (Lipinski definition) is 2. The van der Waals surface area contributed by atoms with Crippen molar-refractivity contribution in [3.63, 3.8) is 0 Å². The van der Waals surface area contributed by atoms with E-state index in [4.69, 9.17) is 4.74 Å². The molecule has 1 aliphatic rings. The minimum Gasteiger partial charge on any atom is -0.497 e. The number of carbonyl (C=O) groups excluding carboxylic acids is 1. The molecule has 0 bridgehead atoms. The first-order chi connectivity index (χ1) is 14.6. The third kappa shape index (κ3) is 5.89. The van der Waals surface area contributed by atoms with Gasteiger partial charge in [-0.1, -0.05) is 12.1 Å². The van der Waals surface area contributed by atoms with Crippen LogP contribution >= 0.6 is 0 Å². The number of ether oxygens (including phenoxy) is 1. The fraction of sp³-hybridized carbons (Fsp3) is 0.391. The summed E-state index contributed by atoms with van der Waals surface area (Å²) in [4.78, 5) is 20.3. The van der Waals surface area contributed by atoms with E-state index in [0.29, 0.717) is 0 Å². The van der Waals surface area contributed by atoms with E-state index in [9.17, 15) is 4.79 Å². The fourth-order valence-corrected chi connectivity index (χ4v) is 3.58. The number of methoxy groups -OCH3 is 1. The number of aliphatic imine (C=N–C) groups is 1. The van der Waals surface area contributed by atoms with E-state index in [0.717, 1.165) is 56.5 Å². The van der Waals surface area contributed by atoms with Gasteiger partial charge in [-0.2, -0.15) is 0 Å². The van der Waals surface area contributed by atoms with Crippen LogP contribution in [0.1, 0.15) is 12.5 Å². The molecular formula is C23H31N5O2. The third-order valence-electron chi connectivity index (χ3n) is 5.20. The largest absolute Gasteiger partial charge is 0.497 e. The number of nitrogens with zero attached hydrogens (tertiary/aromatic N) is 3. The van der Waals surface area contributed by atoms with Crippen molar-refractivity contribution >= 4 is 23.2 Å². The Balaban J connectivity index is 1.44. The van der Waals surface area contributed by atoms with Crippen LogP contribution in [-0.2, 0) is 11.2 Å². The Bertz CT molecular complexity index is 841. The van der Waals surface area contributed by atoms with Gasteiger partial charge in [-0.15, -0.1) is 0 Å². The van der Waals surface area contributed by atoms with Crippen molar-refractivity contribution in [3.8, 4) is 5.75 Å². The van der Waals surface area contributed by atoms with Crippen molar-refractivity contribution in [1.82, 2.24) is 10.2 Å². The van der Waals surface area contributed by atoms with Gasteiger partial charge in [-0.3, -0.25) is 9.79 Å². The summed E-state index contributed by atoms with van der Waals surface area (Å²) < 4.78 is 5.24. The van der Waals surface area contributed by atoms with Crippen molar-refractivity contribution < 1.29 is 9.53 Å². The molecule has 1 saturated heterocycles. The minimum absolute atomic E-state index is 0.0553. The van der Waals surface area contributed by atoms with Crippen molar-refractivity contribution in [2.24, 2.45) is 4.99 Å². The summed E-state index contributed by atoms with van der Waals surface area (Å²) in [6, 6.07) is 16.2. The Morgan fingerprint density at radius 2 is 1.70 bits per heavy atom. The zero-order valence-corrected chi connectivity index (χ0v) is 18.0. The monoisotopic (exact) mass is 409 g/mol. The number of amides is 1. The van der Waals surface area contributed by atoms with E-state index in [1.165, 1.54) is 18.2 Å². The molecule has 0 atom stereocenters. The maximum atomic E-state index is 11.1. The number of piperazine rings is 1. The van der Waals surface area contributed by atoms with Crippen LogP contribution in [0, 0.1) is 0 Å². The molecule has 0 radical (unpaired) electrons. The first-order valence-corrected chi connectivity index (χ1v) is 10.3. The highest BCUT2D eigenvalue weighted by molar-refractivity contribution is 5.88. The van der Waals surface area contributed by atoms with Gasteiger partial charge in [-0.05, 0) is 48.4 Å². The average Bonchev–Trinajstić information content (AvgIpc) is 2.78. The third-order valence-corrected chi connectivity index (χ3v) is 5.20. The number of guanidine groups is 1. The second-order valence-electron chi connectivity index (χ2n) is 7.27. The molecule has 0 spiro atoms. The molecule has 2 N–H and O–H groups in total. The van der Waals surface area contributed by atoms with Gasteiger partial charge in [0.15, 0.2) is 5.96 Å². The lowest BCUT2D eigenvalue weighted by Gasteiger charge is -2.37. The first kappa shape index (κ1) is 21.5. The Kier molecular flexibility index (Phi) is 7.54. The van der Waals surface area contributed by atoms with Crippen molar-refractivity contribution in [3.05, 3.63) is 54.1 Å². The predicted molar refractivity (Wildman–Crippen MR) is 123 cm³/mol. The molecule has 3 rings (SSSR count). The summed E-state index contributed by atoms with van der Waals surface area (Å²) >= 11 is 0. The molecule has 7 nitrogen and oxygen atoms in total. The van der Waals surface area contributed by atoms with Crippen molar-refractivity contribution in [2.75, 3.05) is 57.1 Å². The number of nitrogens with one attached hydrogen (secondary N) is 2. The number of benzene rings is 2. The lowest BCUT2D eigenvalue weighted by atomic mass is 10.1. The van der Waals surface area contributed by atoms with Crippen molar-refractivity contribution in [2.45, 2.75) is 13.3 Å². The van der Waals surface area contributed by atoms with E-state index in [1.54, 1.807) is 7.11 Å². The molecule has 1 fully saturated rings. The second-order valence-corrected chi connectivity index (χ2v) is 7.27. The lowest BCUT2D eigenvalue weighted by Crippen LogP contribution is -2.52. The molecule has 0 unspecified atom stereocenters. The van der Waals surface area contributed by atoms with Gasteiger partial charge in [0.1, 0.15) is 5.75 Å². The zero-order chi connectivity index (χ0) is 21.3. The highest BCUT2D eigenvalue weighted by Crippen LogP contribution is 2.20. The summed E-state index contributed by atoms with van der Waals surface area (Å²) in [7, 11) is 3.52.